The molecule has 0 saturated carbocycles. The summed E-state index contributed by atoms with van der Waals surface area (Å²) in [5.74, 6) is 0. The van der Waals surface area contributed by atoms with Crippen molar-refractivity contribution in [1.82, 2.24) is 0 Å². The normalized spacial score (nSPS) is 8.93. The molecule has 0 aliphatic heterocycles. The standard InChI is InChI=1S/C8H9.C5H5.Fe/c1-2-5-8-6-3-4-7-8;1-2-4-5-3-1;/h2-7H,1H3;1-5H;/q2*-1;+2. The molecule has 0 spiro atoms. The smallest absolute Gasteiger partial charge is 0.214 e. The van der Waals surface area contributed by atoms with Crippen LogP contribution in [-0.4, -0.2) is 0 Å². The third-order valence-corrected chi connectivity index (χ3v) is 1.60. The van der Waals surface area contributed by atoms with E-state index in [4.69, 9.17) is 0 Å². The summed E-state index contributed by atoms with van der Waals surface area (Å²) in [6.07, 6.45) is 4.12. The van der Waals surface area contributed by atoms with Crippen LogP contribution in [0.25, 0.3) is 6.08 Å². The molecule has 2 aromatic rings. The predicted octanol–water partition coefficient (Wildman–Crippen LogP) is 3.84. The molecule has 1 heteroatoms. The average Bonchev–Trinajstić information content (AvgIpc) is 2.79. The van der Waals surface area contributed by atoms with Gasteiger partial charge in [-0.25, -0.2) is 12.1 Å². The Morgan fingerprint density at radius 2 is 1.57 bits per heavy atom. The van der Waals surface area contributed by atoms with Gasteiger partial charge in [-0.2, -0.15) is 36.4 Å². The molecule has 0 bridgehead atoms. The SMILES string of the molecule is CC=C[c-]1cccc1.[Fe+2].c1cc[cH-]c1. The van der Waals surface area contributed by atoms with E-state index in [0.717, 1.165) is 0 Å². The van der Waals surface area contributed by atoms with Crippen molar-refractivity contribution in [1.29, 1.82) is 0 Å². The summed E-state index contributed by atoms with van der Waals surface area (Å²) in [5, 5.41) is 0. The maximum atomic E-state index is 2.08. The molecule has 0 unspecified atom stereocenters. The van der Waals surface area contributed by atoms with Crippen molar-refractivity contribution < 1.29 is 17.1 Å². The summed E-state index contributed by atoms with van der Waals surface area (Å²) in [7, 11) is 0. The largest absolute Gasteiger partial charge is 2.00 e. The first-order valence-corrected chi connectivity index (χ1v) is 4.44. The van der Waals surface area contributed by atoms with Crippen molar-refractivity contribution in [3.05, 3.63) is 66.2 Å². The van der Waals surface area contributed by atoms with Crippen LogP contribution in [0.2, 0.25) is 0 Å². The quantitative estimate of drug-likeness (QED) is 0.511. The third kappa shape index (κ3) is 5.58. The molecule has 0 aromatic heterocycles. The van der Waals surface area contributed by atoms with Crippen LogP contribution in [0.15, 0.2) is 60.7 Å². The number of allylic oxidation sites excluding steroid dienone is 1. The van der Waals surface area contributed by atoms with Crippen molar-refractivity contribution in [3.8, 4) is 0 Å². The Balaban J connectivity index is 0.000000246. The van der Waals surface area contributed by atoms with E-state index in [1.165, 1.54) is 5.56 Å². The fourth-order valence-electron chi connectivity index (χ4n) is 1.01. The summed E-state index contributed by atoms with van der Waals surface area (Å²) in [5.41, 5.74) is 1.28. The van der Waals surface area contributed by atoms with E-state index in [2.05, 4.69) is 18.2 Å². The molecule has 0 heterocycles. The van der Waals surface area contributed by atoms with Gasteiger partial charge in [-0.15, -0.1) is 23.8 Å². The minimum atomic E-state index is 0. The summed E-state index contributed by atoms with van der Waals surface area (Å²) in [6.45, 7) is 2.02. The Hall–Kier alpha value is -1.04. The van der Waals surface area contributed by atoms with E-state index >= 15 is 0 Å². The molecule has 74 valence electrons. The van der Waals surface area contributed by atoms with E-state index in [0.29, 0.717) is 0 Å². The van der Waals surface area contributed by atoms with Crippen molar-refractivity contribution in [2.75, 3.05) is 0 Å². The Labute approximate surface area is 96.5 Å². The zero-order valence-electron chi connectivity index (χ0n) is 8.20. The number of rotatable bonds is 1. The molecule has 0 radical (unpaired) electrons. The van der Waals surface area contributed by atoms with Gasteiger partial charge in [-0.05, 0) is 0 Å². The molecule has 2 rings (SSSR count). The minimum Gasteiger partial charge on any atom is -0.214 e. The summed E-state index contributed by atoms with van der Waals surface area (Å²) in [4.78, 5) is 0. The number of hydrogen-bond acceptors (Lipinski definition) is 0. The molecule has 2 aromatic carbocycles. The maximum Gasteiger partial charge on any atom is 2.00 e. The van der Waals surface area contributed by atoms with Crippen LogP contribution < -0.4 is 0 Å². The predicted molar refractivity (Wildman–Crippen MR) is 58.8 cm³/mol. The molecule has 0 fully saturated rings. The minimum absolute atomic E-state index is 0. The molecule has 0 aliphatic carbocycles. The van der Waals surface area contributed by atoms with E-state index in [9.17, 15) is 0 Å². The van der Waals surface area contributed by atoms with Gasteiger partial charge in [0.25, 0.3) is 0 Å². The van der Waals surface area contributed by atoms with Crippen LogP contribution in [0.4, 0.5) is 0 Å². The Morgan fingerprint density at radius 3 is 1.93 bits per heavy atom. The summed E-state index contributed by atoms with van der Waals surface area (Å²) < 4.78 is 0. The second-order valence-corrected chi connectivity index (χ2v) is 2.68. The van der Waals surface area contributed by atoms with Crippen LogP contribution >= 0.6 is 0 Å². The second kappa shape index (κ2) is 8.55. The molecular weight excluding hydrogens is 212 g/mol. The van der Waals surface area contributed by atoms with Crippen LogP contribution in [0.1, 0.15) is 12.5 Å². The molecule has 0 saturated heterocycles. The van der Waals surface area contributed by atoms with Crippen molar-refractivity contribution in [3.63, 3.8) is 0 Å². The van der Waals surface area contributed by atoms with Crippen LogP contribution in [0.3, 0.4) is 0 Å². The van der Waals surface area contributed by atoms with Gasteiger partial charge in [0.15, 0.2) is 0 Å². The van der Waals surface area contributed by atoms with Crippen molar-refractivity contribution >= 4 is 6.08 Å². The molecule has 0 nitrogen and oxygen atoms in total. The first kappa shape index (κ1) is 13.0. The Kier molecular flexibility index (Phi) is 7.92. The Morgan fingerprint density at radius 1 is 1.00 bits per heavy atom. The second-order valence-electron chi connectivity index (χ2n) is 2.68. The van der Waals surface area contributed by atoms with Gasteiger partial charge in [-0.1, -0.05) is 6.92 Å². The first-order chi connectivity index (χ1) is 6.43. The fourth-order valence-corrected chi connectivity index (χ4v) is 1.01. The molecule has 0 N–H and O–H groups in total. The zero-order chi connectivity index (χ0) is 9.36. The monoisotopic (exact) mass is 226 g/mol. The topological polar surface area (TPSA) is 0 Å². The third-order valence-electron chi connectivity index (χ3n) is 1.60. The van der Waals surface area contributed by atoms with E-state index < -0.39 is 0 Å². The van der Waals surface area contributed by atoms with Crippen LogP contribution in [0, 0.1) is 0 Å². The van der Waals surface area contributed by atoms with Gasteiger partial charge in [0, 0.05) is 0 Å². The van der Waals surface area contributed by atoms with Gasteiger partial charge < -0.3 is 0 Å². The van der Waals surface area contributed by atoms with E-state index in [-0.39, 0.29) is 17.1 Å². The maximum absolute atomic E-state index is 2.08. The number of hydrogen-bond donors (Lipinski definition) is 0. The fraction of sp³-hybridized carbons (Fsp3) is 0.0769. The average molecular weight is 226 g/mol. The van der Waals surface area contributed by atoms with Crippen LogP contribution in [0.5, 0.6) is 0 Å². The first-order valence-electron chi connectivity index (χ1n) is 4.44. The van der Waals surface area contributed by atoms with Gasteiger partial charge >= 0.3 is 17.1 Å². The van der Waals surface area contributed by atoms with Gasteiger partial charge in [0.1, 0.15) is 0 Å². The zero-order valence-corrected chi connectivity index (χ0v) is 9.31. The van der Waals surface area contributed by atoms with Crippen LogP contribution in [-0.2, 0) is 17.1 Å². The van der Waals surface area contributed by atoms with Gasteiger partial charge in [0.2, 0.25) is 0 Å². The van der Waals surface area contributed by atoms with Gasteiger partial charge in [0.05, 0.1) is 0 Å². The van der Waals surface area contributed by atoms with Gasteiger partial charge in [-0.3, -0.25) is 0 Å². The van der Waals surface area contributed by atoms with E-state index in [1.807, 2.05) is 55.5 Å². The summed E-state index contributed by atoms with van der Waals surface area (Å²) >= 11 is 0. The van der Waals surface area contributed by atoms with E-state index in [1.54, 1.807) is 0 Å². The van der Waals surface area contributed by atoms with Crippen molar-refractivity contribution in [2.24, 2.45) is 0 Å². The Bertz CT molecular complexity index is 284. The molecule has 14 heavy (non-hydrogen) atoms. The molecule has 0 atom stereocenters. The molecule has 0 aliphatic rings. The van der Waals surface area contributed by atoms with Crippen molar-refractivity contribution in [2.45, 2.75) is 6.92 Å². The summed E-state index contributed by atoms with van der Waals surface area (Å²) in [6, 6.07) is 18.2. The molecule has 0 amide bonds. The molecular formula is C13H14Fe.